The van der Waals surface area contributed by atoms with E-state index in [1.807, 2.05) is 0 Å². The minimum absolute atomic E-state index is 0.475. The van der Waals surface area contributed by atoms with Crippen molar-refractivity contribution in [2.45, 2.75) is 38.0 Å². The number of hydrogen-bond donors (Lipinski definition) is 0. The molecule has 5 heteroatoms. The molecule has 3 radical (unpaired) electrons. The Morgan fingerprint density at radius 3 is 2.27 bits per heavy atom. The largest absolute Gasteiger partial charge is 0.398 e. The van der Waals surface area contributed by atoms with Gasteiger partial charge in [-0.1, -0.05) is 6.92 Å². The zero-order valence-corrected chi connectivity index (χ0v) is 12.7. The van der Waals surface area contributed by atoms with Gasteiger partial charge in [0.05, 0.1) is 0 Å². The first-order chi connectivity index (χ1) is 6.99. The fraction of sp³-hybridized carbons (Fsp3) is 1.00. The van der Waals surface area contributed by atoms with Crippen LogP contribution in [0.2, 0.25) is 12.6 Å². The maximum Gasteiger partial charge on any atom is 0.334 e. The predicted molar refractivity (Wildman–Crippen MR) is 67.5 cm³/mol. The van der Waals surface area contributed by atoms with Crippen molar-refractivity contribution in [3.05, 3.63) is 0 Å². The second-order valence-corrected chi connectivity index (χ2v) is 8.30. The van der Waals surface area contributed by atoms with Gasteiger partial charge >= 0.3 is 8.56 Å². The molecule has 0 aromatic carbocycles. The molecule has 15 heavy (non-hydrogen) atoms. The minimum Gasteiger partial charge on any atom is -0.398 e. The van der Waals surface area contributed by atoms with Gasteiger partial charge in [0.1, 0.15) is 0 Å². The van der Waals surface area contributed by atoms with Crippen molar-refractivity contribution in [2.24, 2.45) is 0 Å². The zero-order chi connectivity index (χ0) is 11.9. The second kappa shape index (κ2) is 7.56. The Hall–Kier alpha value is 0.314. The van der Waals surface area contributed by atoms with Crippen LogP contribution in [0.25, 0.3) is 0 Å². The first-order valence-corrected chi connectivity index (χ1v) is 8.60. The molecule has 0 aliphatic carbocycles. The lowest BCUT2D eigenvalue weighted by Crippen LogP contribution is -2.38. The van der Waals surface area contributed by atoms with E-state index in [9.17, 15) is 0 Å². The van der Waals surface area contributed by atoms with Gasteiger partial charge in [-0.05, 0) is 44.7 Å². The molecule has 0 aliphatic heterocycles. The van der Waals surface area contributed by atoms with Crippen LogP contribution >= 0.6 is 0 Å². The van der Waals surface area contributed by atoms with Crippen LogP contribution in [0.5, 0.6) is 0 Å². The maximum absolute atomic E-state index is 5.44. The molecule has 0 aromatic heterocycles. The van der Waals surface area contributed by atoms with Crippen molar-refractivity contribution in [3.8, 4) is 0 Å². The zero-order valence-electron chi connectivity index (χ0n) is 10.7. The predicted octanol–water partition coefficient (Wildman–Crippen LogP) is 1.58. The van der Waals surface area contributed by atoms with Gasteiger partial charge in [0.15, 0.2) is 0 Å². The lowest BCUT2D eigenvalue weighted by molar-refractivity contribution is 0.242. The van der Waals surface area contributed by atoms with Gasteiger partial charge in [-0.3, -0.25) is 0 Å². The van der Waals surface area contributed by atoms with Crippen LogP contribution in [0.1, 0.15) is 19.8 Å². The van der Waals surface area contributed by atoms with E-state index in [1.165, 1.54) is 0 Å². The Bertz CT molecular complexity index is 166. The average molecular weight is 246 g/mol. The highest BCUT2D eigenvalue weighted by molar-refractivity contribution is 6.65. The molecule has 1 unspecified atom stereocenters. The van der Waals surface area contributed by atoms with Crippen molar-refractivity contribution in [2.75, 3.05) is 27.8 Å². The van der Waals surface area contributed by atoms with E-state index in [1.54, 1.807) is 14.2 Å². The normalized spacial score (nSPS) is 14.6. The van der Waals surface area contributed by atoms with Crippen molar-refractivity contribution >= 4 is 18.8 Å². The molecule has 0 amide bonds. The Morgan fingerprint density at radius 1 is 1.33 bits per heavy atom. The Kier molecular flexibility index (Phi) is 7.72. The van der Waals surface area contributed by atoms with Crippen molar-refractivity contribution in [1.29, 1.82) is 0 Å². The summed E-state index contributed by atoms with van der Waals surface area (Å²) in [5, 5.41) is 0. The number of hydrogen-bond acceptors (Lipinski definition) is 3. The van der Waals surface area contributed by atoms with Crippen LogP contribution in [-0.4, -0.2) is 57.2 Å². The standard InChI is InChI=1S/C10H24NO2Si2/c1-6-10(14)11(2)8-7-9-15(5,12-3)13-4/h10H,6-9H2,1-5H3. The van der Waals surface area contributed by atoms with Gasteiger partial charge in [0.2, 0.25) is 0 Å². The summed E-state index contributed by atoms with van der Waals surface area (Å²) in [6.45, 7) is 5.37. The second-order valence-electron chi connectivity index (χ2n) is 4.05. The molecule has 1 atom stereocenters. The molecular formula is C10H24NO2Si2. The third-order valence-corrected chi connectivity index (χ3v) is 6.76. The molecule has 0 aliphatic rings. The van der Waals surface area contributed by atoms with Crippen molar-refractivity contribution in [1.82, 2.24) is 4.90 Å². The summed E-state index contributed by atoms with van der Waals surface area (Å²) in [7, 11) is 7.47. The lowest BCUT2D eigenvalue weighted by Gasteiger charge is -2.26. The molecule has 0 spiro atoms. The Morgan fingerprint density at radius 2 is 1.87 bits per heavy atom. The summed E-state index contributed by atoms with van der Waals surface area (Å²) in [6, 6.07) is 1.05. The average Bonchev–Trinajstić information content (AvgIpc) is 2.27. The third kappa shape index (κ3) is 5.82. The molecule has 0 aromatic rings. The summed E-state index contributed by atoms with van der Waals surface area (Å²) >= 11 is 0. The highest BCUT2D eigenvalue weighted by Crippen LogP contribution is 2.14. The lowest BCUT2D eigenvalue weighted by atomic mass is 10.4. The van der Waals surface area contributed by atoms with Crippen LogP contribution in [0.3, 0.4) is 0 Å². The van der Waals surface area contributed by atoms with E-state index in [-0.39, 0.29) is 0 Å². The van der Waals surface area contributed by atoms with E-state index < -0.39 is 8.56 Å². The van der Waals surface area contributed by atoms with Gasteiger partial charge in [-0.25, -0.2) is 0 Å². The van der Waals surface area contributed by atoms with Gasteiger partial charge in [0.25, 0.3) is 0 Å². The number of rotatable bonds is 8. The van der Waals surface area contributed by atoms with Crippen LogP contribution in [0, 0.1) is 0 Å². The van der Waals surface area contributed by atoms with Gasteiger partial charge < -0.3 is 13.8 Å². The fourth-order valence-corrected chi connectivity index (χ4v) is 2.91. The summed E-state index contributed by atoms with van der Waals surface area (Å²) in [5.74, 6) is 0. The summed E-state index contributed by atoms with van der Waals surface area (Å²) in [5.41, 5.74) is 0.475. The smallest absolute Gasteiger partial charge is 0.334 e. The fourth-order valence-electron chi connectivity index (χ4n) is 1.40. The molecule has 3 nitrogen and oxygen atoms in total. The molecule has 0 bridgehead atoms. The molecule has 0 rings (SSSR count). The molecule has 0 saturated heterocycles. The van der Waals surface area contributed by atoms with E-state index >= 15 is 0 Å². The molecular weight excluding hydrogens is 222 g/mol. The van der Waals surface area contributed by atoms with Crippen LogP contribution < -0.4 is 0 Å². The molecule has 0 saturated carbocycles. The quantitative estimate of drug-likeness (QED) is 0.607. The van der Waals surface area contributed by atoms with E-state index in [0.29, 0.717) is 5.67 Å². The summed E-state index contributed by atoms with van der Waals surface area (Å²) < 4.78 is 10.9. The number of nitrogens with zero attached hydrogens (tertiary/aromatic N) is 1. The van der Waals surface area contributed by atoms with E-state index in [2.05, 4.69) is 35.7 Å². The first-order valence-electron chi connectivity index (χ1n) is 5.50. The van der Waals surface area contributed by atoms with Gasteiger partial charge in [-0.2, -0.15) is 0 Å². The van der Waals surface area contributed by atoms with Crippen molar-refractivity contribution in [3.63, 3.8) is 0 Å². The van der Waals surface area contributed by atoms with E-state index in [0.717, 1.165) is 25.4 Å². The third-order valence-electron chi connectivity index (χ3n) is 2.92. The Balaban J connectivity index is 3.78. The highest BCUT2D eigenvalue weighted by atomic mass is 28.4. The maximum atomic E-state index is 5.44. The summed E-state index contributed by atoms with van der Waals surface area (Å²) in [4.78, 5) is 2.32. The van der Waals surface area contributed by atoms with Gasteiger partial charge in [0, 0.05) is 24.5 Å². The monoisotopic (exact) mass is 246 g/mol. The topological polar surface area (TPSA) is 21.7 Å². The van der Waals surface area contributed by atoms with Crippen LogP contribution in [0.15, 0.2) is 0 Å². The first kappa shape index (κ1) is 15.3. The van der Waals surface area contributed by atoms with E-state index in [4.69, 9.17) is 8.85 Å². The van der Waals surface area contributed by atoms with Crippen LogP contribution in [0.4, 0.5) is 0 Å². The van der Waals surface area contributed by atoms with Crippen LogP contribution in [-0.2, 0) is 8.85 Å². The van der Waals surface area contributed by atoms with Gasteiger partial charge in [-0.15, -0.1) is 0 Å². The highest BCUT2D eigenvalue weighted by Gasteiger charge is 2.27. The minimum atomic E-state index is -1.85. The molecule has 0 N–H and O–H groups in total. The SMILES string of the molecule is CCC([Si])N(C)CCC[Si](C)(OC)OC. The Labute approximate surface area is 98.8 Å². The summed E-state index contributed by atoms with van der Waals surface area (Å²) in [6.07, 6.45) is 2.25. The van der Waals surface area contributed by atoms with Crippen molar-refractivity contribution < 1.29 is 8.85 Å². The molecule has 0 heterocycles. The molecule has 0 fully saturated rings. The molecule has 89 valence electrons.